The third-order valence-corrected chi connectivity index (χ3v) is 4.88. The molecule has 0 N–H and O–H groups in total. The Kier molecular flexibility index (Phi) is 6.26. The van der Waals surface area contributed by atoms with Crippen LogP contribution in [0.4, 0.5) is 0 Å². The van der Waals surface area contributed by atoms with Gasteiger partial charge in [0.05, 0.1) is 12.8 Å². The van der Waals surface area contributed by atoms with Crippen molar-refractivity contribution in [1.29, 1.82) is 0 Å². The molecule has 0 radical (unpaired) electrons. The molecule has 19 heavy (non-hydrogen) atoms. The number of benzene rings is 1. The molecule has 0 amide bonds. The maximum atomic E-state index is 12.9. The van der Waals surface area contributed by atoms with E-state index in [1.165, 1.54) is 6.92 Å². The van der Waals surface area contributed by atoms with Crippen LogP contribution in [-0.4, -0.2) is 25.3 Å². The second kappa shape index (κ2) is 7.46. The van der Waals surface area contributed by atoms with Crippen molar-refractivity contribution in [3.05, 3.63) is 30.3 Å². The molecule has 1 unspecified atom stereocenters. The van der Waals surface area contributed by atoms with Crippen molar-refractivity contribution >= 4 is 18.6 Å². The molecular formula is C14H21O4P. The molecule has 0 heterocycles. The first-order valence-electron chi connectivity index (χ1n) is 6.36. The molecule has 1 rings (SSSR count). The van der Waals surface area contributed by atoms with Gasteiger partial charge in [0.2, 0.25) is 7.37 Å². The minimum Gasteiger partial charge on any atom is -0.465 e. The van der Waals surface area contributed by atoms with Crippen molar-refractivity contribution in [2.75, 3.05) is 19.4 Å². The van der Waals surface area contributed by atoms with Gasteiger partial charge in [-0.25, -0.2) is 0 Å². The molecule has 0 aromatic heterocycles. The maximum Gasteiger partial charge on any atom is 0.302 e. The topological polar surface area (TPSA) is 52.6 Å². The minimum absolute atomic E-state index is 0.111. The van der Waals surface area contributed by atoms with E-state index < -0.39 is 7.37 Å². The van der Waals surface area contributed by atoms with Crippen molar-refractivity contribution in [3.8, 4) is 0 Å². The number of carbonyl (C=O) groups is 1. The van der Waals surface area contributed by atoms with E-state index in [-0.39, 0.29) is 18.7 Å². The lowest BCUT2D eigenvalue weighted by Gasteiger charge is -2.20. The van der Waals surface area contributed by atoms with Crippen LogP contribution in [0.25, 0.3) is 0 Å². The van der Waals surface area contributed by atoms with Crippen LogP contribution >= 0.6 is 7.37 Å². The average Bonchev–Trinajstić information content (AvgIpc) is 2.37. The molecule has 0 saturated carbocycles. The van der Waals surface area contributed by atoms with E-state index >= 15 is 0 Å². The molecule has 4 nitrogen and oxygen atoms in total. The van der Waals surface area contributed by atoms with Gasteiger partial charge in [-0.05, 0) is 18.1 Å². The Bertz CT molecular complexity index is 442. The summed E-state index contributed by atoms with van der Waals surface area (Å²) in [5, 5.41) is 0.669. The lowest BCUT2D eigenvalue weighted by atomic mass is 10.2. The number of ether oxygens (including phenoxy) is 1. The first-order valence-corrected chi connectivity index (χ1v) is 8.17. The van der Waals surface area contributed by atoms with Gasteiger partial charge in [-0.3, -0.25) is 9.36 Å². The summed E-state index contributed by atoms with van der Waals surface area (Å²) in [7, 11) is -2.96. The van der Waals surface area contributed by atoms with Gasteiger partial charge in [-0.15, -0.1) is 0 Å². The van der Waals surface area contributed by atoms with Crippen LogP contribution in [0.15, 0.2) is 30.3 Å². The second-order valence-corrected chi connectivity index (χ2v) is 7.33. The molecule has 0 fully saturated rings. The number of hydrogen-bond donors (Lipinski definition) is 0. The monoisotopic (exact) mass is 284 g/mol. The number of carbonyl (C=O) groups excluding carboxylic acids is 1. The molecule has 0 aliphatic heterocycles. The van der Waals surface area contributed by atoms with E-state index in [1.807, 2.05) is 32.0 Å². The van der Waals surface area contributed by atoms with Crippen LogP contribution in [0.5, 0.6) is 0 Å². The standard InChI is InChI=1S/C14H21O4P/c1-12(2)11-18-19(16,10-9-17-13(3)15)14-7-5-4-6-8-14/h4-8,12H,9-11H2,1-3H3. The molecule has 1 atom stereocenters. The molecule has 0 spiro atoms. The zero-order valence-electron chi connectivity index (χ0n) is 11.7. The summed E-state index contributed by atoms with van der Waals surface area (Å²) in [5.41, 5.74) is 0. The quantitative estimate of drug-likeness (QED) is 0.570. The number of esters is 1. The van der Waals surface area contributed by atoms with Gasteiger partial charge in [0.1, 0.15) is 6.61 Å². The highest BCUT2D eigenvalue weighted by molar-refractivity contribution is 7.67. The van der Waals surface area contributed by atoms with Crippen LogP contribution in [0, 0.1) is 5.92 Å². The average molecular weight is 284 g/mol. The lowest BCUT2D eigenvalue weighted by molar-refractivity contribution is -0.140. The zero-order chi connectivity index (χ0) is 14.3. The summed E-state index contributed by atoms with van der Waals surface area (Å²) < 4.78 is 23.4. The molecular weight excluding hydrogens is 263 g/mol. The first kappa shape index (κ1) is 15.9. The van der Waals surface area contributed by atoms with E-state index in [9.17, 15) is 9.36 Å². The molecule has 0 aliphatic carbocycles. The maximum absolute atomic E-state index is 12.9. The lowest BCUT2D eigenvalue weighted by Crippen LogP contribution is -2.16. The fraction of sp³-hybridized carbons (Fsp3) is 0.500. The molecule has 106 valence electrons. The molecule has 0 bridgehead atoms. The van der Waals surface area contributed by atoms with Gasteiger partial charge in [-0.1, -0.05) is 32.0 Å². The third kappa shape index (κ3) is 5.58. The van der Waals surface area contributed by atoms with Crippen molar-refractivity contribution in [3.63, 3.8) is 0 Å². The highest BCUT2D eigenvalue weighted by Gasteiger charge is 2.26. The Morgan fingerprint density at radius 2 is 1.89 bits per heavy atom. The third-order valence-electron chi connectivity index (χ3n) is 2.46. The Morgan fingerprint density at radius 1 is 1.26 bits per heavy atom. The fourth-order valence-electron chi connectivity index (χ4n) is 1.50. The number of hydrogen-bond acceptors (Lipinski definition) is 4. The van der Waals surface area contributed by atoms with E-state index in [0.29, 0.717) is 17.8 Å². The van der Waals surface area contributed by atoms with Crippen LogP contribution in [0.1, 0.15) is 20.8 Å². The van der Waals surface area contributed by atoms with Crippen LogP contribution in [-0.2, 0) is 18.6 Å². The van der Waals surface area contributed by atoms with Crippen LogP contribution < -0.4 is 5.30 Å². The smallest absolute Gasteiger partial charge is 0.302 e. The van der Waals surface area contributed by atoms with Crippen LogP contribution in [0.2, 0.25) is 0 Å². The van der Waals surface area contributed by atoms with Crippen molar-refractivity contribution in [1.82, 2.24) is 0 Å². The molecule has 1 aromatic carbocycles. The van der Waals surface area contributed by atoms with E-state index in [4.69, 9.17) is 9.26 Å². The summed E-state index contributed by atoms with van der Waals surface area (Å²) >= 11 is 0. The fourth-order valence-corrected chi connectivity index (χ4v) is 3.54. The molecule has 5 heteroatoms. The summed E-state index contributed by atoms with van der Waals surface area (Å²) in [4.78, 5) is 10.8. The van der Waals surface area contributed by atoms with Gasteiger partial charge < -0.3 is 9.26 Å². The Morgan fingerprint density at radius 3 is 2.42 bits per heavy atom. The predicted molar refractivity (Wildman–Crippen MR) is 76.0 cm³/mol. The van der Waals surface area contributed by atoms with Crippen molar-refractivity contribution < 1.29 is 18.6 Å². The summed E-state index contributed by atoms with van der Waals surface area (Å²) in [6.07, 6.45) is 0.212. The Labute approximate surface area is 114 Å². The SMILES string of the molecule is CC(=O)OCCP(=O)(OCC(C)C)c1ccccc1. The second-order valence-electron chi connectivity index (χ2n) is 4.76. The minimum atomic E-state index is -2.96. The zero-order valence-corrected chi connectivity index (χ0v) is 12.6. The number of rotatable bonds is 7. The van der Waals surface area contributed by atoms with Crippen LogP contribution in [0.3, 0.4) is 0 Å². The largest absolute Gasteiger partial charge is 0.465 e. The van der Waals surface area contributed by atoms with E-state index in [1.54, 1.807) is 12.1 Å². The highest BCUT2D eigenvalue weighted by atomic mass is 31.2. The molecule has 0 saturated heterocycles. The van der Waals surface area contributed by atoms with Gasteiger partial charge in [0.25, 0.3) is 0 Å². The Hall–Kier alpha value is -1.12. The van der Waals surface area contributed by atoms with Crippen molar-refractivity contribution in [2.24, 2.45) is 5.92 Å². The van der Waals surface area contributed by atoms with Gasteiger partial charge in [0.15, 0.2) is 0 Å². The first-order chi connectivity index (χ1) is 8.94. The summed E-state index contributed by atoms with van der Waals surface area (Å²) in [6, 6.07) is 9.09. The summed E-state index contributed by atoms with van der Waals surface area (Å²) in [5.74, 6) is -0.0748. The van der Waals surface area contributed by atoms with Gasteiger partial charge in [0, 0.05) is 12.2 Å². The van der Waals surface area contributed by atoms with Gasteiger partial charge >= 0.3 is 5.97 Å². The summed E-state index contributed by atoms with van der Waals surface area (Å²) in [6.45, 7) is 5.87. The van der Waals surface area contributed by atoms with Gasteiger partial charge in [-0.2, -0.15) is 0 Å². The van der Waals surface area contributed by atoms with E-state index in [0.717, 1.165) is 0 Å². The van der Waals surface area contributed by atoms with E-state index in [2.05, 4.69) is 0 Å². The normalized spacial score (nSPS) is 14.1. The Balaban J connectivity index is 2.78. The predicted octanol–water partition coefficient (Wildman–Crippen LogP) is 2.83. The molecule has 0 aliphatic rings. The van der Waals surface area contributed by atoms with Crippen molar-refractivity contribution in [2.45, 2.75) is 20.8 Å². The highest BCUT2D eigenvalue weighted by Crippen LogP contribution is 2.45. The molecule has 1 aromatic rings.